The van der Waals surface area contributed by atoms with Crippen LogP contribution >= 0.6 is 15.9 Å². The SMILES string of the molecule is O=C(NCc1cccc(CN2CCCC2=O)c1)Nc1ccc(Br)cc1. The van der Waals surface area contributed by atoms with E-state index in [1.807, 2.05) is 53.4 Å². The Morgan fingerprint density at radius 2 is 1.88 bits per heavy atom. The molecule has 1 aliphatic rings. The van der Waals surface area contributed by atoms with Crippen LogP contribution in [0.25, 0.3) is 0 Å². The monoisotopic (exact) mass is 401 g/mol. The maximum atomic E-state index is 12.0. The third kappa shape index (κ3) is 5.06. The molecule has 2 aromatic carbocycles. The normalized spacial score (nSPS) is 13.8. The first-order chi connectivity index (χ1) is 12.1. The molecule has 1 aliphatic heterocycles. The van der Waals surface area contributed by atoms with Crippen LogP contribution in [0.15, 0.2) is 53.0 Å². The third-order valence-electron chi connectivity index (χ3n) is 4.09. The number of hydrogen-bond donors (Lipinski definition) is 2. The predicted molar refractivity (Wildman–Crippen MR) is 101 cm³/mol. The van der Waals surface area contributed by atoms with Crippen LogP contribution < -0.4 is 10.6 Å². The van der Waals surface area contributed by atoms with Gasteiger partial charge in [0.2, 0.25) is 5.91 Å². The summed E-state index contributed by atoms with van der Waals surface area (Å²) >= 11 is 3.36. The molecule has 0 aliphatic carbocycles. The second-order valence-corrected chi connectivity index (χ2v) is 6.97. The van der Waals surface area contributed by atoms with Crippen molar-refractivity contribution in [1.82, 2.24) is 10.2 Å². The van der Waals surface area contributed by atoms with E-state index in [1.165, 1.54) is 0 Å². The third-order valence-corrected chi connectivity index (χ3v) is 4.62. The lowest BCUT2D eigenvalue weighted by Gasteiger charge is -2.16. The second-order valence-electron chi connectivity index (χ2n) is 6.05. The van der Waals surface area contributed by atoms with Crippen molar-refractivity contribution in [2.24, 2.45) is 0 Å². The van der Waals surface area contributed by atoms with Crippen LogP contribution in [-0.2, 0) is 17.9 Å². The van der Waals surface area contributed by atoms with Crippen LogP contribution in [0.4, 0.5) is 10.5 Å². The van der Waals surface area contributed by atoms with Crippen molar-refractivity contribution in [3.05, 3.63) is 64.1 Å². The molecule has 25 heavy (non-hydrogen) atoms. The minimum atomic E-state index is -0.248. The van der Waals surface area contributed by atoms with E-state index in [4.69, 9.17) is 0 Å². The fourth-order valence-electron chi connectivity index (χ4n) is 2.82. The minimum absolute atomic E-state index is 0.220. The summed E-state index contributed by atoms with van der Waals surface area (Å²) in [6, 6.07) is 15.1. The number of benzene rings is 2. The van der Waals surface area contributed by atoms with Gasteiger partial charge in [-0.25, -0.2) is 4.79 Å². The van der Waals surface area contributed by atoms with E-state index in [0.29, 0.717) is 19.5 Å². The van der Waals surface area contributed by atoms with E-state index >= 15 is 0 Å². The topological polar surface area (TPSA) is 61.4 Å². The van der Waals surface area contributed by atoms with E-state index in [-0.39, 0.29) is 11.9 Å². The molecule has 1 fully saturated rings. The van der Waals surface area contributed by atoms with Gasteiger partial charge in [0.25, 0.3) is 0 Å². The van der Waals surface area contributed by atoms with Gasteiger partial charge < -0.3 is 15.5 Å². The number of carbonyl (C=O) groups excluding carboxylic acids is 2. The van der Waals surface area contributed by atoms with Crippen molar-refractivity contribution in [1.29, 1.82) is 0 Å². The molecule has 0 spiro atoms. The quantitative estimate of drug-likeness (QED) is 0.797. The molecular weight excluding hydrogens is 382 g/mol. The number of urea groups is 1. The molecule has 130 valence electrons. The van der Waals surface area contributed by atoms with Crippen molar-refractivity contribution >= 4 is 33.6 Å². The highest BCUT2D eigenvalue weighted by Crippen LogP contribution is 2.16. The zero-order valence-electron chi connectivity index (χ0n) is 13.8. The van der Waals surface area contributed by atoms with Crippen molar-refractivity contribution < 1.29 is 9.59 Å². The lowest BCUT2D eigenvalue weighted by molar-refractivity contribution is -0.128. The predicted octanol–water partition coefficient (Wildman–Crippen LogP) is 3.89. The summed E-state index contributed by atoms with van der Waals surface area (Å²) in [5, 5.41) is 5.64. The van der Waals surface area contributed by atoms with E-state index in [1.54, 1.807) is 0 Å². The molecular formula is C19H20BrN3O2. The molecule has 3 amide bonds. The fraction of sp³-hybridized carbons (Fsp3) is 0.263. The Balaban J connectivity index is 1.52. The van der Waals surface area contributed by atoms with Gasteiger partial charge in [0.15, 0.2) is 0 Å². The minimum Gasteiger partial charge on any atom is -0.338 e. The lowest BCUT2D eigenvalue weighted by atomic mass is 10.1. The molecule has 5 nitrogen and oxygen atoms in total. The number of hydrogen-bond acceptors (Lipinski definition) is 2. The Bertz CT molecular complexity index is 762. The molecule has 1 heterocycles. The molecule has 0 bridgehead atoms. The van der Waals surface area contributed by atoms with E-state index < -0.39 is 0 Å². The van der Waals surface area contributed by atoms with Gasteiger partial charge in [0.05, 0.1) is 0 Å². The summed E-state index contributed by atoms with van der Waals surface area (Å²) in [7, 11) is 0. The van der Waals surface area contributed by atoms with Gasteiger partial charge in [-0.05, 0) is 41.8 Å². The van der Waals surface area contributed by atoms with Gasteiger partial charge in [0, 0.05) is 36.2 Å². The number of likely N-dealkylation sites (tertiary alicyclic amines) is 1. The van der Waals surface area contributed by atoms with E-state index in [9.17, 15) is 9.59 Å². The average Bonchev–Trinajstić information content (AvgIpc) is 3.00. The smallest absolute Gasteiger partial charge is 0.319 e. The summed E-state index contributed by atoms with van der Waals surface area (Å²) in [6.45, 7) is 1.90. The standard InChI is InChI=1S/C19H20BrN3O2/c20-16-6-8-17(9-7-16)22-19(25)21-12-14-3-1-4-15(11-14)13-23-10-2-5-18(23)24/h1,3-4,6-9,11H,2,5,10,12-13H2,(H2,21,22,25). The molecule has 0 aromatic heterocycles. The zero-order chi connectivity index (χ0) is 17.6. The highest BCUT2D eigenvalue weighted by atomic mass is 79.9. The summed E-state index contributed by atoms with van der Waals surface area (Å²) in [6.07, 6.45) is 1.59. The van der Waals surface area contributed by atoms with E-state index in [2.05, 4.69) is 26.6 Å². The number of carbonyl (C=O) groups is 2. The Morgan fingerprint density at radius 1 is 1.12 bits per heavy atom. The first-order valence-corrected chi connectivity index (χ1v) is 9.05. The molecule has 0 unspecified atom stereocenters. The number of rotatable bonds is 5. The fourth-order valence-corrected chi connectivity index (χ4v) is 3.08. The van der Waals surface area contributed by atoms with Gasteiger partial charge in [0.1, 0.15) is 0 Å². The number of halogens is 1. The second kappa shape index (κ2) is 8.16. The van der Waals surface area contributed by atoms with Crippen LogP contribution in [0.2, 0.25) is 0 Å². The molecule has 1 saturated heterocycles. The summed E-state index contributed by atoms with van der Waals surface area (Å²) in [4.78, 5) is 25.6. The summed E-state index contributed by atoms with van der Waals surface area (Å²) < 4.78 is 0.965. The van der Waals surface area contributed by atoms with Crippen LogP contribution in [0.1, 0.15) is 24.0 Å². The Labute approximate surface area is 155 Å². The van der Waals surface area contributed by atoms with Crippen molar-refractivity contribution in [2.75, 3.05) is 11.9 Å². The number of nitrogens with zero attached hydrogens (tertiary/aromatic N) is 1. The molecule has 0 saturated carbocycles. The van der Waals surface area contributed by atoms with Crippen molar-refractivity contribution in [3.63, 3.8) is 0 Å². The molecule has 6 heteroatoms. The number of anilines is 1. The highest BCUT2D eigenvalue weighted by Gasteiger charge is 2.19. The number of amides is 3. The number of nitrogens with one attached hydrogen (secondary N) is 2. The van der Waals surface area contributed by atoms with Crippen LogP contribution in [0.3, 0.4) is 0 Å². The molecule has 0 atom stereocenters. The Hall–Kier alpha value is -2.34. The van der Waals surface area contributed by atoms with Gasteiger partial charge in [-0.2, -0.15) is 0 Å². The Kier molecular flexibility index (Phi) is 5.71. The van der Waals surface area contributed by atoms with Crippen LogP contribution in [0, 0.1) is 0 Å². The first kappa shape index (κ1) is 17.5. The van der Waals surface area contributed by atoms with Gasteiger partial charge in [-0.15, -0.1) is 0 Å². The largest absolute Gasteiger partial charge is 0.338 e. The van der Waals surface area contributed by atoms with Crippen molar-refractivity contribution in [2.45, 2.75) is 25.9 Å². The maximum Gasteiger partial charge on any atom is 0.319 e. The Morgan fingerprint density at radius 3 is 2.60 bits per heavy atom. The van der Waals surface area contributed by atoms with Gasteiger partial charge >= 0.3 is 6.03 Å². The molecule has 2 aromatic rings. The summed E-state index contributed by atoms with van der Waals surface area (Å²) in [5.74, 6) is 0.220. The van der Waals surface area contributed by atoms with E-state index in [0.717, 1.165) is 34.3 Å². The molecule has 3 rings (SSSR count). The van der Waals surface area contributed by atoms with Crippen molar-refractivity contribution in [3.8, 4) is 0 Å². The lowest BCUT2D eigenvalue weighted by Crippen LogP contribution is -2.28. The average molecular weight is 402 g/mol. The van der Waals surface area contributed by atoms with Gasteiger partial charge in [-0.1, -0.05) is 40.2 Å². The molecule has 2 N–H and O–H groups in total. The zero-order valence-corrected chi connectivity index (χ0v) is 15.4. The van der Waals surface area contributed by atoms with Crippen LogP contribution in [0.5, 0.6) is 0 Å². The molecule has 0 radical (unpaired) electrons. The van der Waals surface area contributed by atoms with Crippen LogP contribution in [-0.4, -0.2) is 23.4 Å². The highest BCUT2D eigenvalue weighted by molar-refractivity contribution is 9.10. The van der Waals surface area contributed by atoms with Gasteiger partial charge in [-0.3, -0.25) is 4.79 Å². The maximum absolute atomic E-state index is 12.0. The summed E-state index contributed by atoms with van der Waals surface area (Å²) in [5.41, 5.74) is 2.83. The first-order valence-electron chi connectivity index (χ1n) is 8.26.